The van der Waals surface area contributed by atoms with Gasteiger partial charge in [0.05, 0.1) is 5.41 Å². The van der Waals surface area contributed by atoms with Gasteiger partial charge in [0, 0.05) is 0 Å². The van der Waals surface area contributed by atoms with Crippen molar-refractivity contribution in [3.63, 3.8) is 0 Å². The van der Waals surface area contributed by atoms with Gasteiger partial charge in [-0.3, -0.25) is 0 Å². The molecule has 0 aromatic heterocycles. The van der Waals surface area contributed by atoms with Crippen LogP contribution in [0.25, 0.3) is 0 Å². The fraction of sp³-hybridized carbons (Fsp3) is 0.462. The third-order valence-electron chi connectivity index (χ3n) is 3.10. The van der Waals surface area contributed by atoms with Crippen LogP contribution in [0.3, 0.4) is 0 Å². The van der Waals surface area contributed by atoms with Crippen molar-refractivity contribution in [2.75, 3.05) is 0 Å². The van der Waals surface area contributed by atoms with Crippen molar-refractivity contribution in [3.05, 3.63) is 36.5 Å². The van der Waals surface area contributed by atoms with E-state index in [0.717, 1.165) is 19.1 Å². The molecule has 0 N–H and O–H groups in total. The number of rotatable bonds is 3. The second-order valence-corrected chi connectivity index (χ2v) is 4.13. The number of carbonyl (C=O) groups excluding carboxylic acids is 1. The lowest BCUT2D eigenvalue weighted by Crippen LogP contribution is -2.30. The monoisotopic (exact) mass is 190 g/mol. The topological polar surface area (TPSA) is 17.1 Å². The molecule has 0 amide bonds. The lowest BCUT2D eigenvalue weighted by Gasteiger charge is -2.33. The van der Waals surface area contributed by atoms with Crippen LogP contribution >= 0.6 is 0 Å². The van der Waals surface area contributed by atoms with Crippen molar-refractivity contribution in [2.24, 2.45) is 11.3 Å². The van der Waals surface area contributed by atoms with Crippen LogP contribution < -0.4 is 0 Å². The lowest BCUT2D eigenvalue weighted by atomic mass is 9.69. The highest BCUT2D eigenvalue weighted by Gasteiger charge is 2.34. The number of carbonyl (C=O) groups is 1. The van der Waals surface area contributed by atoms with Crippen molar-refractivity contribution in [3.8, 4) is 0 Å². The van der Waals surface area contributed by atoms with Gasteiger partial charge in [-0.15, -0.1) is 0 Å². The fourth-order valence-corrected chi connectivity index (χ4v) is 1.99. The van der Waals surface area contributed by atoms with Crippen LogP contribution in [0.5, 0.6) is 0 Å². The molecule has 2 unspecified atom stereocenters. The van der Waals surface area contributed by atoms with E-state index in [4.69, 9.17) is 0 Å². The number of hydrogen-bond donors (Lipinski definition) is 0. The van der Waals surface area contributed by atoms with E-state index in [-0.39, 0.29) is 5.41 Å². The maximum atomic E-state index is 11.2. The highest BCUT2D eigenvalue weighted by atomic mass is 16.1. The van der Waals surface area contributed by atoms with Gasteiger partial charge in [-0.1, -0.05) is 43.4 Å². The molecule has 76 valence electrons. The molecule has 0 saturated carbocycles. The van der Waals surface area contributed by atoms with Crippen molar-refractivity contribution >= 4 is 6.29 Å². The summed E-state index contributed by atoms with van der Waals surface area (Å²) in [5.74, 6) is 0.296. The van der Waals surface area contributed by atoms with E-state index in [0.29, 0.717) is 5.92 Å². The molecular formula is C13H18O. The van der Waals surface area contributed by atoms with Gasteiger partial charge in [-0.2, -0.15) is 0 Å². The highest BCUT2D eigenvalue weighted by molar-refractivity contribution is 5.64. The zero-order valence-electron chi connectivity index (χ0n) is 8.99. The SMILES string of the molecule is C=C/C=C/C1(C=O)CCC(C)=CC1C. The summed E-state index contributed by atoms with van der Waals surface area (Å²) in [4.78, 5) is 11.2. The molecule has 2 atom stereocenters. The van der Waals surface area contributed by atoms with E-state index < -0.39 is 0 Å². The van der Waals surface area contributed by atoms with Crippen molar-refractivity contribution < 1.29 is 4.79 Å². The minimum atomic E-state index is -0.298. The van der Waals surface area contributed by atoms with Crippen LogP contribution in [-0.4, -0.2) is 6.29 Å². The third kappa shape index (κ3) is 2.03. The van der Waals surface area contributed by atoms with Gasteiger partial charge >= 0.3 is 0 Å². The maximum Gasteiger partial charge on any atom is 0.130 e. The van der Waals surface area contributed by atoms with Gasteiger partial charge in [-0.25, -0.2) is 0 Å². The average molecular weight is 190 g/mol. The summed E-state index contributed by atoms with van der Waals surface area (Å²) < 4.78 is 0. The minimum Gasteiger partial charge on any atom is -0.302 e. The molecule has 0 fully saturated rings. The van der Waals surface area contributed by atoms with Crippen LogP contribution in [0.1, 0.15) is 26.7 Å². The van der Waals surface area contributed by atoms with E-state index in [1.165, 1.54) is 5.57 Å². The second kappa shape index (κ2) is 4.41. The van der Waals surface area contributed by atoms with Crippen molar-refractivity contribution in [2.45, 2.75) is 26.7 Å². The van der Waals surface area contributed by atoms with Crippen LogP contribution in [0.15, 0.2) is 36.5 Å². The zero-order chi connectivity index (χ0) is 10.6. The van der Waals surface area contributed by atoms with Crippen LogP contribution in [-0.2, 0) is 4.79 Å². The molecule has 0 spiro atoms. The summed E-state index contributed by atoms with van der Waals surface area (Å²) in [6.45, 7) is 7.86. The van der Waals surface area contributed by atoms with Gasteiger partial charge < -0.3 is 4.79 Å². The van der Waals surface area contributed by atoms with Crippen LogP contribution in [0, 0.1) is 11.3 Å². The molecule has 1 nitrogen and oxygen atoms in total. The quantitative estimate of drug-likeness (QED) is 0.379. The van der Waals surface area contributed by atoms with Gasteiger partial charge in [0.1, 0.15) is 6.29 Å². The molecule has 0 aliphatic heterocycles. The Bertz CT molecular complexity index is 286. The molecule has 0 radical (unpaired) electrons. The van der Waals surface area contributed by atoms with Gasteiger partial charge in [0.2, 0.25) is 0 Å². The Balaban J connectivity index is 2.95. The van der Waals surface area contributed by atoms with E-state index in [9.17, 15) is 4.79 Å². The number of aldehydes is 1. The molecule has 0 aromatic carbocycles. The van der Waals surface area contributed by atoms with Gasteiger partial charge in [0.15, 0.2) is 0 Å². The molecule has 0 heterocycles. The summed E-state index contributed by atoms with van der Waals surface area (Å²) >= 11 is 0. The smallest absolute Gasteiger partial charge is 0.130 e. The lowest BCUT2D eigenvalue weighted by molar-refractivity contribution is -0.115. The standard InChI is InChI=1S/C13H18O/c1-4-5-7-13(10-14)8-6-11(2)9-12(13)3/h4-5,7,9-10,12H,1,6,8H2,2-3H3/b7-5+. The van der Waals surface area contributed by atoms with Crippen molar-refractivity contribution in [1.82, 2.24) is 0 Å². The van der Waals surface area contributed by atoms with Crippen molar-refractivity contribution in [1.29, 1.82) is 0 Å². The summed E-state index contributed by atoms with van der Waals surface area (Å²) in [5.41, 5.74) is 1.09. The fourth-order valence-electron chi connectivity index (χ4n) is 1.99. The first-order chi connectivity index (χ1) is 6.64. The molecule has 0 saturated heterocycles. The average Bonchev–Trinajstić information content (AvgIpc) is 2.18. The minimum absolute atomic E-state index is 0.296. The molecular weight excluding hydrogens is 172 g/mol. The first-order valence-electron chi connectivity index (χ1n) is 5.08. The summed E-state index contributed by atoms with van der Waals surface area (Å²) in [6, 6.07) is 0. The largest absolute Gasteiger partial charge is 0.302 e. The molecule has 14 heavy (non-hydrogen) atoms. The predicted octanol–water partition coefficient (Wildman–Crippen LogP) is 3.29. The Labute approximate surface area is 86.2 Å². The molecule has 1 rings (SSSR count). The summed E-state index contributed by atoms with van der Waals surface area (Å²) in [6.07, 6.45) is 10.8. The second-order valence-electron chi connectivity index (χ2n) is 4.13. The van der Waals surface area contributed by atoms with Crippen LogP contribution in [0.2, 0.25) is 0 Å². The molecule has 0 aromatic rings. The summed E-state index contributed by atoms with van der Waals surface area (Å²) in [5, 5.41) is 0. The van der Waals surface area contributed by atoms with Gasteiger partial charge in [0.25, 0.3) is 0 Å². The van der Waals surface area contributed by atoms with Gasteiger partial charge in [-0.05, 0) is 25.7 Å². The Hall–Kier alpha value is -1.11. The zero-order valence-corrected chi connectivity index (χ0v) is 8.99. The van der Waals surface area contributed by atoms with E-state index in [1.54, 1.807) is 6.08 Å². The summed E-state index contributed by atoms with van der Waals surface area (Å²) in [7, 11) is 0. The Morgan fingerprint density at radius 1 is 1.64 bits per heavy atom. The Kier molecular flexibility index (Phi) is 3.45. The number of allylic oxidation sites excluding steroid dienone is 5. The van der Waals surface area contributed by atoms with E-state index >= 15 is 0 Å². The Morgan fingerprint density at radius 3 is 2.86 bits per heavy atom. The van der Waals surface area contributed by atoms with E-state index in [1.807, 2.05) is 12.2 Å². The first-order valence-corrected chi connectivity index (χ1v) is 5.08. The van der Waals surface area contributed by atoms with Crippen LogP contribution in [0.4, 0.5) is 0 Å². The maximum absolute atomic E-state index is 11.2. The normalized spacial score (nSPS) is 32.7. The van der Waals surface area contributed by atoms with E-state index in [2.05, 4.69) is 26.5 Å². The third-order valence-corrected chi connectivity index (χ3v) is 3.10. The molecule has 1 aliphatic carbocycles. The molecule has 0 bridgehead atoms. The molecule has 1 aliphatic rings. The number of hydrogen-bond acceptors (Lipinski definition) is 1. The Morgan fingerprint density at radius 2 is 2.36 bits per heavy atom. The predicted molar refractivity (Wildman–Crippen MR) is 60.0 cm³/mol. The molecule has 1 heteroatoms. The first kappa shape index (κ1) is 11.0. The highest BCUT2D eigenvalue weighted by Crippen LogP contribution is 2.39.